The second-order valence-corrected chi connectivity index (χ2v) is 1.14. The second-order valence-electron chi connectivity index (χ2n) is 1.14. The van der Waals surface area contributed by atoms with Crippen LogP contribution in [0.3, 0.4) is 0 Å². The van der Waals surface area contributed by atoms with Crippen LogP contribution in [0.15, 0.2) is 0 Å². The normalized spacial score (nSPS) is 8.71. The first-order chi connectivity index (χ1) is 3.27. The molecule has 1 amide bonds. The number of carbonyl (C=O) groups is 1. The maximum Gasteiger partial charge on any atom is 0.231 e. The van der Waals surface area contributed by atoms with Crippen LogP contribution in [-0.2, 0) is 4.79 Å². The van der Waals surface area contributed by atoms with E-state index in [1.165, 1.54) is 0 Å². The highest BCUT2D eigenvalue weighted by Gasteiger charge is 1.86. The Kier molecular flexibility index (Phi) is 3.32. The largest absolute Gasteiger partial charge is 0.369 e. The minimum atomic E-state index is -0.344. The number of amides is 1. The van der Waals surface area contributed by atoms with Crippen molar-refractivity contribution in [2.45, 2.75) is 0 Å². The Morgan fingerprint density at radius 1 is 1.86 bits per heavy atom. The molecule has 41 valence electrons. The van der Waals surface area contributed by atoms with Crippen molar-refractivity contribution in [3.05, 3.63) is 6.92 Å². The molecule has 0 aromatic rings. The first-order valence-electron chi connectivity index (χ1n) is 2.05. The van der Waals surface area contributed by atoms with E-state index >= 15 is 0 Å². The number of primary amides is 1. The van der Waals surface area contributed by atoms with Crippen LogP contribution >= 0.6 is 0 Å². The third kappa shape index (κ3) is 5.43. The lowest BCUT2D eigenvalue weighted by atomic mass is 10.6. The third-order valence-corrected chi connectivity index (χ3v) is 0.476. The fourth-order valence-corrected chi connectivity index (χ4v) is 0.212. The van der Waals surface area contributed by atoms with Crippen molar-refractivity contribution in [3.63, 3.8) is 0 Å². The maximum atomic E-state index is 9.89. The van der Waals surface area contributed by atoms with Gasteiger partial charge in [-0.25, -0.2) is 0 Å². The third-order valence-electron chi connectivity index (χ3n) is 0.476. The molecule has 0 fully saturated rings. The first-order valence-corrected chi connectivity index (χ1v) is 2.05. The summed E-state index contributed by atoms with van der Waals surface area (Å²) < 4.78 is 0. The molecule has 0 saturated carbocycles. The fourth-order valence-electron chi connectivity index (χ4n) is 0.212. The SMILES string of the molecule is [CH2]CNCC(N)=O. The van der Waals surface area contributed by atoms with Crippen molar-refractivity contribution in [3.8, 4) is 0 Å². The lowest BCUT2D eigenvalue weighted by molar-refractivity contribution is -0.117. The lowest BCUT2D eigenvalue weighted by Crippen LogP contribution is -2.28. The Labute approximate surface area is 42.9 Å². The van der Waals surface area contributed by atoms with E-state index in [-0.39, 0.29) is 12.5 Å². The van der Waals surface area contributed by atoms with Gasteiger partial charge in [-0.05, 0) is 13.5 Å². The minimum absolute atomic E-state index is 0.226. The van der Waals surface area contributed by atoms with Gasteiger partial charge in [-0.2, -0.15) is 0 Å². The van der Waals surface area contributed by atoms with Crippen molar-refractivity contribution >= 4 is 5.91 Å². The van der Waals surface area contributed by atoms with Crippen molar-refractivity contribution in [2.24, 2.45) is 5.73 Å². The molecule has 1 radical (unpaired) electrons. The zero-order valence-electron chi connectivity index (χ0n) is 4.11. The summed E-state index contributed by atoms with van der Waals surface area (Å²) in [6.45, 7) is 4.21. The summed E-state index contributed by atoms with van der Waals surface area (Å²) in [6, 6.07) is 0. The van der Waals surface area contributed by atoms with Crippen molar-refractivity contribution < 1.29 is 4.79 Å². The smallest absolute Gasteiger partial charge is 0.231 e. The Hall–Kier alpha value is -0.570. The molecule has 0 aliphatic rings. The van der Waals surface area contributed by atoms with Gasteiger partial charge < -0.3 is 11.1 Å². The van der Waals surface area contributed by atoms with Gasteiger partial charge in [0.05, 0.1) is 6.54 Å². The number of hydrogen-bond acceptors (Lipinski definition) is 2. The van der Waals surface area contributed by atoms with Gasteiger partial charge in [0.2, 0.25) is 5.91 Å². The predicted octanol–water partition coefficient (Wildman–Crippen LogP) is -1.10. The molecule has 0 atom stereocenters. The average molecular weight is 101 g/mol. The Balaban J connectivity index is 2.82. The van der Waals surface area contributed by atoms with E-state index in [1.54, 1.807) is 0 Å². The van der Waals surface area contributed by atoms with Crippen molar-refractivity contribution in [2.75, 3.05) is 13.1 Å². The van der Waals surface area contributed by atoms with Crippen LogP contribution in [0.25, 0.3) is 0 Å². The molecule has 3 nitrogen and oxygen atoms in total. The molecule has 0 rings (SSSR count). The van der Waals surface area contributed by atoms with Crippen LogP contribution in [0.4, 0.5) is 0 Å². The quantitative estimate of drug-likeness (QED) is 0.474. The maximum absolute atomic E-state index is 9.89. The molecule has 0 aromatic heterocycles. The molecule has 0 spiro atoms. The topological polar surface area (TPSA) is 55.1 Å². The van der Waals surface area contributed by atoms with Gasteiger partial charge in [-0.3, -0.25) is 4.79 Å². The van der Waals surface area contributed by atoms with E-state index < -0.39 is 0 Å². The predicted molar refractivity (Wildman–Crippen MR) is 27.4 cm³/mol. The zero-order valence-corrected chi connectivity index (χ0v) is 4.11. The Bertz CT molecular complexity index is 62.7. The number of nitrogens with two attached hydrogens (primary N) is 1. The molecule has 0 saturated heterocycles. The molecule has 0 heterocycles. The Morgan fingerprint density at radius 3 is 2.57 bits per heavy atom. The molecule has 0 aliphatic heterocycles. The van der Waals surface area contributed by atoms with Crippen molar-refractivity contribution in [1.82, 2.24) is 5.32 Å². The highest BCUT2D eigenvalue weighted by Crippen LogP contribution is 1.52. The van der Waals surface area contributed by atoms with Gasteiger partial charge in [-0.1, -0.05) is 0 Å². The van der Waals surface area contributed by atoms with E-state index in [4.69, 9.17) is 5.73 Å². The van der Waals surface area contributed by atoms with Crippen LogP contribution in [0, 0.1) is 6.92 Å². The van der Waals surface area contributed by atoms with Gasteiger partial charge in [0, 0.05) is 0 Å². The average Bonchev–Trinajstić information content (AvgIpc) is 1.61. The standard InChI is InChI=1S/C4H9N2O/c1-2-6-3-4(5)7/h6H,1-3H2,(H2,5,7). The van der Waals surface area contributed by atoms with Crippen LogP contribution < -0.4 is 11.1 Å². The molecule has 0 bridgehead atoms. The summed E-state index contributed by atoms with van der Waals surface area (Å²) in [6.07, 6.45) is 0. The van der Waals surface area contributed by atoms with Gasteiger partial charge in [-0.15, -0.1) is 0 Å². The summed E-state index contributed by atoms with van der Waals surface area (Å²) in [5, 5.41) is 2.66. The number of carbonyl (C=O) groups excluding carboxylic acids is 1. The Morgan fingerprint density at radius 2 is 2.43 bits per heavy atom. The van der Waals surface area contributed by atoms with E-state index in [1.807, 2.05) is 0 Å². The van der Waals surface area contributed by atoms with Gasteiger partial charge in [0.15, 0.2) is 0 Å². The molecule has 0 aromatic carbocycles. The van der Waals surface area contributed by atoms with E-state index in [0.29, 0.717) is 6.54 Å². The molecule has 3 N–H and O–H groups in total. The summed E-state index contributed by atoms with van der Waals surface area (Å²) in [5.74, 6) is -0.344. The van der Waals surface area contributed by atoms with Gasteiger partial charge >= 0.3 is 0 Å². The highest BCUT2D eigenvalue weighted by atomic mass is 16.1. The van der Waals surface area contributed by atoms with Crippen LogP contribution in [0.5, 0.6) is 0 Å². The summed E-state index contributed by atoms with van der Waals surface area (Å²) in [5.41, 5.74) is 4.75. The van der Waals surface area contributed by atoms with Gasteiger partial charge in [0.1, 0.15) is 0 Å². The molecular formula is C4H9N2O. The summed E-state index contributed by atoms with van der Waals surface area (Å²) in [4.78, 5) is 9.89. The minimum Gasteiger partial charge on any atom is -0.369 e. The van der Waals surface area contributed by atoms with E-state index in [2.05, 4.69) is 12.2 Å². The van der Waals surface area contributed by atoms with Crippen LogP contribution in [0.2, 0.25) is 0 Å². The summed E-state index contributed by atoms with van der Waals surface area (Å²) in [7, 11) is 0. The number of hydrogen-bond donors (Lipinski definition) is 2. The first kappa shape index (κ1) is 6.43. The van der Waals surface area contributed by atoms with Crippen molar-refractivity contribution in [1.29, 1.82) is 0 Å². The van der Waals surface area contributed by atoms with Crippen LogP contribution in [0.1, 0.15) is 0 Å². The second kappa shape index (κ2) is 3.61. The monoisotopic (exact) mass is 101 g/mol. The fraction of sp³-hybridized carbons (Fsp3) is 0.500. The zero-order chi connectivity index (χ0) is 5.70. The molecular weight excluding hydrogens is 92.1 g/mol. The highest BCUT2D eigenvalue weighted by molar-refractivity contribution is 5.75. The van der Waals surface area contributed by atoms with Crippen LogP contribution in [-0.4, -0.2) is 19.0 Å². The molecule has 0 aliphatic carbocycles. The van der Waals surface area contributed by atoms with E-state index in [9.17, 15) is 4.79 Å². The molecule has 3 heteroatoms. The summed E-state index contributed by atoms with van der Waals surface area (Å²) >= 11 is 0. The number of rotatable bonds is 3. The lowest BCUT2D eigenvalue weighted by Gasteiger charge is -1.91. The number of nitrogens with one attached hydrogen (secondary N) is 1. The molecule has 0 unspecified atom stereocenters. The van der Waals surface area contributed by atoms with E-state index in [0.717, 1.165) is 0 Å². The molecule has 7 heavy (non-hydrogen) atoms. The van der Waals surface area contributed by atoms with Gasteiger partial charge in [0.25, 0.3) is 0 Å².